The van der Waals surface area contributed by atoms with Crippen LogP contribution >= 0.6 is 35.7 Å². The zero-order valence-corrected chi connectivity index (χ0v) is 19.5. The van der Waals surface area contributed by atoms with Gasteiger partial charge >= 0.3 is 0 Å². The molecule has 3 rings (SSSR count). The number of hydrogen-bond donors (Lipinski definition) is 2. The molecule has 0 aliphatic heterocycles. The van der Waals surface area contributed by atoms with Gasteiger partial charge in [0.25, 0.3) is 0 Å². The smallest absolute Gasteiger partial charge is 0.191 e. The number of aliphatic imine (C=N–C) groups is 1. The van der Waals surface area contributed by atoms with Crippen LogP contribution in [0, 0.1) is 6.92 Å². The van der Waals surface area contributed by atoms with Crippen LogP contribution in [0.2, 0.25) is 0 Å². The van der Waals surface area contributed by atoms with Crippen LogP contribution in [0.1, 0.15) is 16.7 Å². The van der Waals surface area contributed by atoms with E-state index in [4.69, 9.17) is 0 Å². The van der Waals surface area contributed by atoms with Gasteiger partial charge in [0, 0.05) is 37.4 Å². The SMILES string of the molecule is CN=C(NCc1ccc(C)cc1SC)NCc1ccccc1-n1cccn1.I. The minimum absolute atomic E-state index is 0. The molecular weight excluding hydrogens is 481 g/mol. The van der Waals surface area contributed by atoms with Gasteiger partial charge in [0.15, 0.2) is 5.96 Å². The Morgan fingerprint density at radius 1 is 1.07 bits per heavy atom. The summed E-state index contributed by atoms with van der Waals surface area (Å²) in [7, 11) is 1.79. The fourth-order valence-corrected chi connectivity index (χ4v) is 3.58. The van der Waals surface area contributed by atoms with E-state index >= 15 is 0 Å². The molecule has 0 unspecified atom stereocenters. The van der Waals surface area contributed by atoms with Crippen molar-refractivity contribution in [3.8, 4) is 5.69 Å². The molecule has 28 heavy (non-hydrogen) atoms. The van der Waals surface area contributed by atoms with Crippen LogP contribution in [0.5, 0.6) is 0 Å². The van der Waals surface area contributed by atoms with Gasteiger partial charge in [-0.1, -0.05) is 30.3 Å². The molecule has 7 heteroatoms. The lowest BCUT2D eigenvalue weighted by atomic mass is 10.1. The first-order chi connectivity index (χ1) is 13.2. The van der Waals surface area contributed by atoms with Crippen molar-refractivity contribution in [1.29, 1.82) is 0 Å². The molecule has 0 saturated heterocycles. The van der Waals surface area contributed by atoms with Gasteiger partial charge in [0.05, 0.1) is 5.69 Å². The summed E-state index contributed by atoms with van der Waals surface area (Å²) < 4.78 is 1.88. The van der Waals surface area contributed by atoms with Gasteiger partial charge in [0.2, 0.25) is 0 Å². The molecule has 0 atom stereocenters. The van der Waals surface area contributed by atoms with Crippen molar-refractivity contribution in [2.75, 3.05) is 13.3 Å². The minimum atomic E-state index is 0. The van der Waals surface area contributed by atoms with Crippen LogP contribution in [0.15, 0.2) is 70.8 Å². The van der Waals surface area contributed by atoms with Crippen molar-refractivity contribution in [1.82, 2.24) is 20.4 Å². The number of guanidine groups is 1. The second-order valence-electron chi connectivity index (χ2n) is 6.17. The summed E-state index contributed by atoms with van der Waals surface area (Å²) in [6.45, 7) is 3.52. The highest BCUT2D eigenvalue weighted by Gasteiger charge is 2.07. The van der Waals surface area contributed by atoms with Crippen molar-refractivity contribution in [3.63, 3.8) is 0 Å². The van der Waals surface area contributed by atoms with Crippen LogP contribution in [0.4, 0.5) is 0 Å². The lowest BCUT2D eigenvalue weighted by Gasteiger charge is -2.15. The summed E-state index contributed by atoms with van der Waals surface area (Å²) in [5, 5.41) is 11.1. The molecular formula is C21H26IN5S. The highest BCUT2D eigenvalue weighted by atomic mass is 127. The summed E-state index contributed by atoms with van der Waals surface area (Å²) in [5.41, 5.74) is 4.77. The Hall–Kier alpha value is -2.00. The molecule has 0 spiro atoms. The number of hydrogen-bond acceptors (Lipinski definition) is 3. The van der Waals surface area contributed by atoms with Gasteiger partial charge < -0.3 is 10.6 Å². The number of rotatable bonds is 6. The molecule has 3 aromatic rings. The van der Waals surface area contributed by atoms with Crippen molar-refractivity contribution in [2.45, 2.75) is 24.9 Å². The number of benzene rings is 2. The molecule has 0 bridgehead atoms. The topological polar surface area (TPSA) is 54.2 Å². The Bertz CT molecular complexity index is 909. The van der Waals surface area contributed by atoms with Gasteiger partial charge in [-0.05, 0) is 48.1 Å². The Labute approximate surface area is 188 Å². The molecule has 0 aliphatic rings. The quantitative estimate of drug-likeness (QED) is 0.225. The largest absolute Gasteiger partial charge is 0.352 e. The average Bonchev–Trinajstić information content (AvgIpc) is 3.23. The van der Waals surface area contributed by atoms with E-state index in [0.717, 1.165) is 23.8 Å². The predicted octanol–water partition coefficient (Wildman–Crippen LogP) is 4.39. The van der Waals surface area contributed by atoms with Crippen molar-refractivity contribution >= 4 is 41.7 Å². The van der Waals surface area contributed by atoms with Crippen LogP contribution in [0.3, 0.4) is 0 Å². The number of halogens is 1. The second-order valence-corrected chi connectivity index (χ2v) is 7.02. The molecule has 0 fully saturated rings. The molecule has 0 radical (unpaired) electrons. The number of aryl methyl sites for hydroxylation is 1. The lowest BCUT2D eigenvalue weighted by molar-refractivity contribution is 0.787. The summed E-state index contributed by atoms with van der Waals surface area (Å²) in [6, 6.07) is 16.7. The average molecular weight is 507 g/mol. The molecule has 1 heterocycles. The zero-order valence-electron chi connectivity index (χ0n) is 16.3. The predicted molar refractivity (Wildman–Crippen MR) is 129 cm³/mol. The van der Waals surface area contributed by atoms with Crippen molar-refractivity contribution < 1.29 is 0 Å². The molecule has 2 aromatic carbocycles. The number of nitrogens with zero attached hydrogens (tertiary/aromatic N) is 3. The maximum atomic E-state index is 4.35. The Morgan fingerprint density at radius 3 is 2.50 bits per heavy atom. The number of para-hydroxylation sites is 1. The first kappa shape index (κ1) is 22.3. The maximum Gasteiger partial charge on any atom is 0.191 e. The van der Waals surface area contributed by atoms with Crippen LogP contribution < -0.4 is 10.6 Å². The molecule has 2 N–H and O–H groups in total. The monoisotopic (exact) mass is 507 g/mol. The number of aromatic nitrogens is 2. The fraction of sp³-hybridized carbons (Fsp3) is 0.238. The molecule has 0 saturated carbocycles. The van der Waals surface area contributed by atoms with E-state index in [1.165, 1.54) is 16.0 Å². The third-order valence-corrected chi connectivity index (χ3v) is 5.12. The Balaban J connectivity index is 0.00000280. The number of nitrogens with one attached hydrogen (secondary N) is 2. The van der Waals surface area contributed by atoms with E-state index in [0.29, 0.717) is 6.54 Å². The van der Waals surface area contributed by atoms with Crippen LogP contribution in [-0.4, -0.2) is 29.0 Å². The summed E-state index contributed by atoms with van der Waals surface area (Å²) in [5.74, 6) is 0.776. The van der Waals surface area contributed by atoms with E-state index in [1.807, 2.05) is 29.1 Å². The third-order valence-electron chi connectivity index (χ3n) is 4.30. The summed E-state index contributed by atoms with van der Waals surface area (Å²) in [4.78, 5) is 5.64. The molecule has 1 aromatic heterocycles. The maximum absolute atomic E-state index is 4.35. The minimum Gasteiger partial charge on any atom is -0.352 e. The Kier molecular flexibility index (Phi) is 8.85. The van der Waals surface area contributed by atoms with E-state index in [9.17, 15) is 0 Å². The molecule has 0 aliphatic carbocycles. The van der Waals surface area contributed by atoms with Gasteiger partial charge in [0.1, 0.15) is 0 Å². The lowest BCUT2D eigenvalue weighted by Crippen LogP contribution is -2.36. The molecule has 0 amide bonds. The zero-order chi connectivity index (χ0) is 19.1. The van der Waals surface area contributed by atoms with Crippen LogP contribution in [0.25, 0.3) is 5.69 Å². The first-order valence-electron chi connectivity index (χ1n) is 8.87. The van der Waals surface area contributed by atoms with E-state index in [2.05, 4.69) is 64.2 Å². The van der Waals surface area contributed by atoms with Crippen molar-refractivity contribution in [2.24, 2.45) is 4.99 Å². The standard InChI is InChI=1S/C21H25N5S.HI/c1-16-9-10-18(20(13-16)27-3)15-24-21(22-2)23-14-17-7-4-5-8-19(17)26-12-6-11-25-26;/h4-13H,14-15H2,1-3H3,(H2,22,23,24);1H. The molecule has 5 nitrogen and oxygen atoms in total. The van der Waals surface area contributed by atoms with E-state index < -0.39 is 0 Å². The normalized spacial score (nSPS) is 11.0. The van der Waals surface area contributed by atoms with Gasteiger partial charge in [-0.15, -0.1) is 35.7 Å². The number of thioether (sulfide) groups is 1. The van der Waals surface area contributed by atoms with Crippen molar-refractivity contribution in [3.05, 3.63) is 77.6 Å². The fourth-order valence-electron chi connectivity index (χ4n) is 2.87. The Morgan fingerprint density at radius 2 is 1.82 bits per heavy atom. The highest BCUT2D eigenvalue weighted by Crippen LogP contribution is 2.21. The van der Waals surface area contributed by atoms with Crippen LogP contribution in [-0.2, 0) is 13.1 Å². The van der Waals surface area contributed by atoms with E-state index in [-0.39, 0.29) is 24.0 Å². The molecule has 148 valence electrons. The van der Waals surface area contributed by atoms with E-state index in [1.54, 1.807) is 25.0 Å². The first-order valence-corrected chi connectivity index (χ1v) is 10.1. The van der Waals surface area contributed by atoms with Gasteiger partial charge in [-0.3, -0.25) is 4.99 Å². The third kappa shape index (κ3) is 5.75. The highest BCUT2D eigenvalue weighted by molar-refractivity contribution is 14.0. The summed E-state index contributed by atoms with van der Waals surface area (Å²) >= 11 is 1.77. The second kappa shape index (κ2) is 11.1. The summed E-state index contributed by atoms with van der Waals surface area (Å²) in [6.07, 6.45) is 5.85. The van der Waals surface area contributed by atoms with Gasteiger partial charge in [-0.2, -0.15) is 5.10 Å². The van der Waals surface area contributed by atoms with Gasteiger partial charge in [-0.25, -0.2) is 4.68 Å².